The summed E-state index contributed by atoms with van der Waals surface area (Å²) in [5, 5.41) is 10.3. The van der Waals surface area contributed by atoms with Crippen LogP contribution in [0, 0.1) is 11.8 Å². The number of ketones is 1. The maximum Gasteiger partial charge on any atom is 0.328 e. The largest absolute Gasteiger partial charge is 0.464 e. The quantitative estimate of drug-likeness (QED) is 0.423. The molecule has 0 saturated carbocycles. The molecule has 24 heavy (non-hydrogen) atoms. The summed E-state index contributed by atoms with van der Waals surface area (Å²) in [7, 11) is 1.18. The molecule has 7 heteroatoms. The molecule has 0 aromatic carbocycles. The first kappa shape index (κ1) is 20.6. The van der Waals surface area contributed by atoms with Crippen LogP contribution in [-0.2, 0) is 23.9 Å². The number of esters is 1. The van der Waals surface area contributed by atoms with E-state index in [-0.39, 0.29) is 19.1 Å². The van der Waals surface area contributed by atoms with Gasteiger partial charge in [0.1, 0.15) is 6.04 Å². The number of ether oxygens (including phenoxy) is 2. The highest BCUT2D eigenvalue weighted by molar-refractivity contribution is 6.39. The Kier molecular flexibility index (Phi) is 7.35. The molecule has 1 amide bonds. The van der Waals surface area contributed by atoms with Crippen LogP contribution in [0.15, 0.2) is 0 Å². The van der Waals surface area contributed by atoms with Crippen molar-refractivity contribution < 1.29 is 29.0 Å². The van der Waals surface area contributed by atoms with Crippen LogP contribution in [0.25, 0.3) is 0 Å². The number of amides is 1. The zero-order valence-electron chi connectivity index (χ0n) is 15.2. The standard InChI is InChI=1S/C17H29NO6/c1-11(2)10-24-16(21)13-8-6-7-9-18(13)15(20)14(19)17(22,23-5)12(3)4/h11-13,22H,6-10H2,1-5H3/t13-,17+/m0/s1. The molecule has 0 spiro atoms. The van der Waals surface area contributed by atoms with Gasteiger partial charge in [0, 0.05) is 19.6 Å². The number of Topliss-reactive ketones (excluding diaryl/α,β-unsaturated/α-hetero) is 1. The fourth-order valence-corrected chi connectivity index (χ4v) is 2.64. The zero-order chi connectivity index (χ0) is 18.5. The molecule has 1 fully saturated rings. The van der Waals surface area contributed by atoms with E-state index in [0.29, 0.717) is 12.8 Å². The van der Waals surface area contributed by atoms with Crippen LogP contribution in [0.2, 0.25) is 0 Å². The van der Waals surface area contributed by atoms with E-state index in [1.54, 1.807) is 13.8 Å². The van der Waals surface area contributed by atoms with Crippen molar-refractivity contribution in [1.29, 1.82) is 0 Å². The monoisotopic (exact) mass is 343 g/mol. The van der Waals surface area contributed by atoms with Crippen LogP contribution in [0.3, 0.4) is 0 Å². The predicted octanol–water partition coefficient (Wildman–Crippen LogP) is 1.13. The van der Waals surface area contributed by atoms with Gasteiger partial charge in [0.05, 0.1) is 6.61 Å². The van der Waals surface area contributed by atoms with Crippen LogP contribution in [-0.4, -0.2) is 59.8 Å². The SMILES string of the molecule is CO[C@@](O)(C(=O)C(=O)N1CCCC[C@H]1C(=O)OCC(C)C)C(C)C. The van der Waals surface area contributed by atoms with E-state index < -0.39 is 35.4 Å². The Bertz CT molecular complexity index is 476. The van der Waals surface area contributed by atoms with Crippen LogP contribution in [0.1, 0.15) is 47.0 Å². The number of carbonyl (C=O) groups is 3. The molecule has 0 radical (unpaired) electrons. The van der Waals surface area contributed by atoms with Crippen molar-refractivity contribution in [3.63, 3.8) is 0 Å². The highest BCUT2D eigenvalue weighted by Gasteiger charge is 2.47. The molecule has 1 heterocycles. The Balaban J connectivity index is 2.92. The van der Waals surface area contributed by atoms with Gasteiger partial charge in [0.2, 0.25) is 5.79 Å². The van der Waals surface area contributed by atoms with Crippen LogP contribution in [0.5, 0.6) is 0 Å². The summed E-state index contributed by atoms with van der Waals surface area (Å²) in [5.74, 6) is -5.07. The van der Waals surface area contributed by atoms with Crippen molar-refractivity contribution in [3.05, 3.63) is 0 Å². The Hall–Kier alpha value is -1.47. The third kappa shape index (κ3) is 4.54. The van der Waals surface area contributed by atoms with Gasteiger partial charge in [0.15, 0.2) is 0 Å². The van der Waals surface area contributed by atoms with Gasteiger partial charge >= 0.3 is 5.97 Å². The molecule has 1 saturated heterocycles. The molecule has 0 bridgehead atoms. The van der Waals surface area contributed by atoms with Crippen molar-refractivity contribution in [2.24, 2.45) is 11.8 Å². The number of methoxy groups -OCH3 is 1. The molecule has 1 N–H and O–H groups in total. The van der Waals surface area contributed by atoms with Crippen molar-refractivity contribution in [2.75, 3.05) is 20.3 Å². The molecule has 0 aromatic heterocycles. The molecule has 0 aromatic rings. The summed E-state index contributed by atoms with van der Waals surface area (Å²) in [5.41, 5.74) is 0. The van der Waals surface area contributed by atoms with Gasteiger partial charge in [-0.1, -0.05) is 27.7 Å². The average molecular weight is 343 g/mol. The number of hydrogen-bond donors (Lipinski definition) is 1. The lowest BCUT2D eigenvalue weighted by atomic mass is 9.95. The molecule has 0 unspecified atom stereocenters. The minimum Gasteiger partial charge on any atom is -0.464 e. The van der Waals surface area contributed by atoms with E-state index in [9.17, 15) is 19.5 Å². The minimum absolute atomic E-state index is 0.183. The first-order chi connectivity index (χ1) is 11.1. The summed E-state index contributed by atoms with van der Waals surface area (Å²) in [4.78, 5) is 38.5. The number of hydrogen-bond acceptors (Lipinski definition) is 6. The normalized spacial score (nSPS) is 20.8. The molecule has 7 nitrogen and oxygen atoms in total. The highest BCUT2D eigenvalue weighted by Crippen LogP contribution is 2.24. The van der Waals surface area contributed by atoms with Crippen molar-refractivity contribution >= 4 is 17.7 Å². The predicted molar refractivity (Wildman–Crippen MR) is 87.0 cm³/mol. The van der Waals surface area contributed by atoms with Crippen molar-refractivity contribution in [2.45, 2.75) is 58.8 Å². The molecule has 2 atom stereocenters. The summed E-state index contributed by atoms with van der Waals surface area (Å²) >= 11 is 0. The highest BCUT2D eigenvalue weighted by atomic mass is 16.6. The number of rotatable bonds is 7. The molecular formula is C17H29NO6. The zero-order valence-corrected chi connectivity index (χ0v) is 15.2. The maximum atomic E-state index is 12.6. The topological polar surface area (TPSA) is 93.1 Å². The van der Waals surface area contributed by atoms with E-state index in [1.807, 2.05) is 13.8 Å². The van der Waals surface area contributed by atoms with Crippen molar-refractivity contribution in [3.8, 4) is 0 Å². The summed E-state index contributed by atoms with van der Waals surface area (Å²) in [6.07, 6.45) is 1.92. The second-order valence-corrected chi connectivity index (χ2v) is 6.92. The van der Waals surface area contributed by atoms with Gasteiger partial charge < -0.3 is 19.5 Å². The Morgan fingerprint density at radius 2 is 1.83 bits per heavy atom. The van der Waals surface area contributed by atoms with Gasteiger partial charge in [-0.05, 0) is 25.2 Å². The summed E-state index contributed by atoms with van der Waals surface area (Å²) < 4.78 is 10.1. The number of likely N-dealkylation sites (tertiary alicyclic amines) is 1. The first-order valence-electron chi connectivity index (χ1n) is 8.44. The second-order valence-electron chi connectivity index (χ2n) is 6.92. The maximum absolute atomic E-state index is 12.6. The number of aliphatic hydroxyl groups is 1. The van der Waals surface area contributed by atoms with E-state index in [2.05, 4.69) is 0 Å². The smallest absolute Gasteiger partial charge is 0.328 e. The first-order valence-corrected chi connectivity index (χ1v) is 8.44. The van der Waals surface area contributed by atoms with Crippen molar-refractivity contribution in [1.82, 2.24) is 4.90 Å². The lowest BCUT2D eigenvalue weighted by Gasteiger charge is -2.36. The van der Waals surface area contributed by atoms with Crippen LogP contribution in [0.4, 0.5) is 0 Å². The third-order valence-electron chi connectivity index (χ3n) is 4.21. The van der Waals surface area contributed by atoms with Gasteiger partial charge in [-0.3, -0.25) is 9.59 Å². The van der Waals surface area contributed by atoms with Crippen LogP contribution >= 0.6 is 0 Å². The summed E-state index contributed by atoms with van der Waals surface area (Å²) in [6.45, 7) is 7.55. The van der Waals surface area contributed by atoms with Gasteiger partial charge in [0.25, 0.3) is 11.7 Å². The third-order valence-corrected chi connectivity index (χ3v) is 4.21. The van der Waals surface area contributed by atoms with E-state index in [4.69, 9.17) is 9.47 Å². The lowest BCUT2D eigenvalue weighted by Crippen LogP contribution is -2.58. The fraction of sp³-hybridized carbons (Fsp3) is 0.824. The Labute approximate surface area is 143 Å². The lowest BCUT2D eigenvalue weighted by molar-refractivity contribution is -0.214. The molecule has 1 rings (SSSR count). The van der Waals surface area contributed by atoms with Crippen LogP contribution < -0.4 is 0 Å². The molecule has 138 valence electrons. The molecule has 1 aliphatic rings. The second kappa shape index (κ2) is 8.58. The Morgan fingerprint density at radius 3 is 2.33 bits per heavy atom. The summed E-state index contributed by atoms with van der Waals surface area (Å²) in [6, 6.07) is -0.790. The number of piperidine rings is 1. The van der Waals surface area contributed by atoms with E-state index in [0.717, 1.165) is 6.42 Å². The van der Waals surface area contributed by atoms with E-state index >= 15 is 0 Å². The minimum atomic E-state index is -2.19. The van der Waals surface area contributed by atoms with Gasteiger partial charge in [-0.2, -0.15) is 0 Å². The van der Waals surface area contributed by atoms with Gasteiger partial charge in [-0.15, -0.1) is 0 Å². The number of nitrogens with zero attached hydrogens (tertiary/aromatic N) is 1. The number of carbonyl (C=O) groups excluding carboxylic acids is 3. The molecular weight excluding hydrogens is 314 g/mol. The molecule has 1 aliphatic heterocycles. The molecule has 0 aliphatic carbocycles. The average Bonchev–Trinajstić information content (AvgIpc) is 2.57. The fourth-order valence-electron chi connectivity index (χ4n) is 2.64. The Morgan fingerprint density at radius 1 is 1.21 bits per heavy atom. The van der Waals surface area contributed by atoms with E-state index in [1.165, 1.54) is 12.0 Å². The van der Waals surface area contributed by atoms with Gasteiger partial charge in [-0.25, -0.2) is 4.79 Å².